The SMILES string of the molecule is Cn1cc(N)c(C(=O)NCc2ccc(Cl)s2)n1. The molecule has 0 saturated carbocycles. The Bertz CT molecular complexity index is 548. The van der Waals surface area contributed by atoms with E-state index in [4.69, 9.17) is 17.3 Å². The molecule has 2 heterocycles. The predicted molar refractivity (Wildman–Crippen MR) is 68.1 cm³/mol. The van der Waals surface area contributed by atoms with E-state index in [0.29, 0.717) is 16.6 Å². The lowest BCUT2D eigenvalue weighted by atomic mass is 10.3. The van der Waals surface area contributed by atoms with Gasteiger partial charge in [0, 0.05) is 18.1 Å². The molecule has 0 bridgehead atoms. The molecule has 5 nitrogen and oxygen atoms in total. The number of thiophene rings is 1. The van der Waals surface area contributed by atoms with Gasteiger partial charge < -0.3 is 11.1 Å². The summed E-state index contributed by atoms with van der Waals surface area (Å²) in [6.07, 6.45) is 1.59. The van der Waals surface area contributed by atoms with Crippen LogP contribution in [-0.4, -0.2) is 15.7 Å². The summed E-state index contributed by atoms with van der Waals surface area (Å²) in [5.41, 5.74) is 6.27. The summed E-state index contributed by atoms with van der Waals surface area (Å²) in [5.74, 6) is -0.285. The number of aryl methyl sites for hydroxylation is 1. The number of anilines is 1. The normalized spacial score (nSPS) is 10.5. The van der Waals surface area contributed by atoms with Crippen LogP contribution in [0.2, 0.25) is 4.34 Å². The molecule has 2 rings (SSSR count). The first-order valence-electron chi connectivity index (χ1n) is 4.88. The van der Waals surface area contributed by atoms with E-state index in [-0.39, 0.29) is 11.6 Å². The third-order valence-corrected chi connectivity index (χ3v) is 3.36. The van der Waals surface area contributed by atoms with Crippen molar-refractivity contribution in [2.75, 3.05) is 5.73 Å². The van der Waals surface area contributed by atoms with Crippen LogP contribution in [0.25, 0.3) is 0 Å². The first-order chi connectivity index (χ1) is 8.06. The average molecular weight is 271 g/mol. The van der Waals surface area contributed by atoms with Crippen LogP contribution in [0.3, 0.4) is 0 Å². The van der Waals surface area contributed by atoms with Crippen LogP contribution in [0.1, 0.15) is 15.4 Å². The summed E-state index contributed by atoms with van der Waals surface area (Å²) in [5, 5.41) is 6.72. The maximum atomic E-state index is 11.8. The van der Waals surface area contributed by atoms with Crippen molar-refractivity contribution < 1.29 is 4.79 Å². The number of nitrogen functional groups attached to an aromatic ring is 1. The largest absolute Gasteiger partial charge is 0.396 e. The van der Waals surface area contributed by atoms with E-state index in [1.54, 1.807) is 19.3 Å². The summed E-state index contributed by atoms with van der Waals surface area (Å²) in [6.45, 7) is 0.423. The minimum atomic E-state index is -0.285. The lowest BCUT2D eigenvalue weighted by Gasteiger charge is -2.01. The molecule has 0 aliphatic heterocycles. The number of nitrogens with zero attached hydrogens (tertiary/aromatic N) is 2. The number of hydrogen-bond donors (Lipinski definition) is 2. The molecule has 1 amide bonds. The fourth-order valence-electron chi connectivity index (χ4n) is 1.38. The fourth-order valence-corrected chi connectivity index (χ4v) is 2.41. The first-order valence-corrected chi connectivity index (χ1v) is 6.07. The second-order valence-electron chi connectivity index (χ2n) is 3.50. The predicted octanol–water partition coefficient (Wildman–Crippen LogP) is 1.65. The Balaban J connectivity index is 2.00. The van der Waals surface area contributed by atoms with Crippen molar-refractivity contribution in [3.8, 4) is 0 Å². The van der Waals surface area contributed by atoms with E-state index in [0.717, 1.165) is 4.88 Å². The van der Waals surface area contributed by atoms with E-state index in [9.17, 15) is 4.79 Å². The third kappa shape index (κ3) is 2.78. The quantitative estimate of drug-likeness (QED) is 0.891. The van der Waals surface area contributed by atoms with Gasteiger partial charge in [-0.1, -0.05) is 11.6 Å². The van der Waals surface area contributed by atoms with Gasteiger partial charge in [0.2, 0.25) is 0 Å². The maximum Gasteiger partial charge on any atom is 0.274 e. The zero-order chi connectivity index (χ0) is 12.4. The summed E-state index contributed by atoms with van der Waals surface area (Å²) in [7, 11) is 1.71. The van der Waals surface area contributed by atoms with Gasteiger partial charge in [-0.05, 0) is 12.1 Å². The van der Waals surface area contributed by atoms with Crippen LogP contribution in [-0.2, 0) is 13.6 Å². The molecule has 0 spiro atoms. The highest BCUT2D eigenvalue weighted by molar-refractivity contribution is 7.16. The van der Waals surface area contributed by atoms with Gasteiger partial charge in [-0.3, -0.25) is 9.48 Å². The smallest absolute Gasteiger partial charge is 0.274 e. The number of aromatic nitrogens is 2. The molecule has 90 valence electrons. The Hall–Kier alpha value is -1.53. The Labute approximate surface area is 107 Å². The number of halogens is 1. The Morgan fingerprint density at radius 1 is 1.65 bits per heavy atom. The van der Waals surface area contributed by atoms with Crippen molar-refractivity contribution in [1.82, 2.24) is 15.1 Å². The number of rotatable bonds is 3. The van der Waals surface area contributed by atoms with Crippen molar-refractivity contribution in [3.63, 3.8) is 0 Å². The molecule has 0 aliphatic rings. The number of hydrogen-bond acceptors (Lipinski definition) is 4. The van der Waals surface area contributed by atoms with Crippen molar-refractivity contribution in [2.45, 2.75) is 6.54 Å². The molecule has 3 N–H and O–H groups in total. The molecule has 0 radical (unpaired) electrons. The first kappa shape index (κ1) is 11.9. The third-order valence-electron chi connectivity index (χ3n) is 2.12. The second-order valence-corrected chi connectivity index (χ2v) is 5.29. The van der Waals surface area contributed by atoms with Gasteiger partial charge in [-0.15, -0.1) is 11.3 Å². The van der Waals surface area contributed by atoms with Gasteiger partial charge in [-0.25, -0.2) is 0 Å². The van der Waals surface area contributed by atoms with Crippen LogP contribution >= 0.6 is 22.9 Å². The lowest BCUT2D eigenvalue weighted by Crippen LogP contribution is -2.23. The summed E-state index contributed by atoms with van der Waals surface area (Å²) in [6, 6.07) is 3.66. The van der Waals surface area contributed by atoms with E-state index in [1.807, 2.05) is 6.07 Å². The molecule has 7 heteroatoms. The van der Waals surface area contributed by atoms with Gasteiger partial charge in [0.15, 0.2) is 5.69 Å². The summed E-state index contributed by atoms with van der Waals surface area (Å²) in [4.78, 5) is 12.7. The zero-order valence-electron chi connectivity index (χ0n) is 9.11. The van der Waals surface area contributed by atoms with E-state index >= 15 is 0 Å². The monoisotopic (exact) mass is 270 g/mol. The molecule has 0 aliphatic carbocycles. The molecule has 0 aromatic carbocycles. The molecule has 0 unspecified atom stereocenters. The van der Waals surface area contributed by atoms with E-state index < -0.39 is 0 Å². The molecule has 2 aromatic rings. The number of amides is 1. The number of nitrogens with two attached hydrogens (primary N) is 1. The highest BCUT2D eigenvalue weighted by atomic mass is 35.5. The highest BCUT2D eigenvalue weighted by Gasteiger charge is 2.13. The average Bonchev–Trinajstić information content (AvgIpc) is 2.81. The van der Waals surface area contributed by atoms with Crippen LogP contribution in [0.15, 0.2) is 18.3 Å². The summed E-state index contributed by atoms with van der Waals surface area (Å²) < 4.78 is 2.21. The van der Waals surface area contributed by atoms with Crippen molar-refractivity contribution >= 4 is 34.5 Å². The van der Waals surface area contributed by atoms with Crippen LogP contribution < -0.4 is 11.1 Å². The van der Waals surface area contributed by atoms with Crippen LogP contribution in [0, 0.1) is 0 Å². The Morgan fingerprint density at radius 3 is 2.94 bits per heavy atom. The van der Waals surface area contributed by atoms with Crippen molar-refractivity contribution in [1.29, 1.82) is 0 Å². The number of nitrogens with one attached hydrogen (secondary N) is 1. The van der Waals surface area contributed by atoms with Gasteiger partial charge in [0.1, 0.15) is 0 Å². The Kier molecular flexibility index (Phi) is 3.35. The molecular weight excluding hydrogens is 260 g/mol. The van der Waals surface area contributed by atoms with Gasteiger partial charge in [0.05, 0.1) is 16.6 Å². The van der Waals surface area contributed by atoms with Gasteiger partial charge in [0.25, 0.3) is 5.91 Å². The van der Waals surface area contributed by atoms with Gasteiger partial charge >= 0.3 is 0 Å². The number of carbonyl (C=O) groups excluding carboxylic acids is 1. The highest BCUT2D eigenvalue weighted by Crippen LogP contribution is 2.21. The fraction of sp³-hybridized carbons (Fsp3) is 0.200. The molecule has 0 atom stereocenters. The van der Waals surface area contributed by atoms with E-state index in [2.05, 4.69) is 10.4 Å². The van der Waals surface area contributed by atoms with E-state index in [1.165, 1.54) is 16.0 Å². The summed E-state index contributed by atoms with van der Waals surface area (Å²) >= 11 is 7.22. The number of carbonyl (C=O) groups is 1. The van der Waals surface area contributed by atoms with Crippen LogP contribution in [0.5, 0.6) is 0 Å². The minimum Gasteiger partial charge on any atom is -0.396 e. The maximum absolute atomic E-state index is 11.8. The van der Waals surface area contributed by atoms with Gasteiger partial charge in [-0.2, -0.15) is 5.10 Å². The topological polar surface area (TPSA) is 72.9 Å². The molecule has 2 aromatic heterocycles. The van der Waals surface area contributed by atoms with Crippen molar-refractivity contribution in [2.24, 2.45) is 7.05 Å². The molecular formula is C10H11ClN4OS. The minimum absolute atomic E-state index is 0.246. The van der Waals surface area contributed by atoms with Crippen molar-refractivity contribution in [3.05, 3.63) is 33.2 Å². The Morgan fingerprint density at radius 2 is 2.41 bits per heavy atom. The van der Waals surface area contributed by atoms with Crippen LogP contribution in [0.4, 0.5) is 5.69 Å². The zero-order valence-corrected chi connectivity index (χ0v) is 10.7. The molecule has 17 heavy (non-hydrogen) atoms. The standard InChI is InChI=1S/C10H11ClN4OS/c1-15-5-7(12)9(14-15)10(16)13-4-6-2-3-8(11)17-6/h2-3,5H,4,12H2,1H3,(H,13,16). The lowest BCUT2D eigenvalue weighted by molar-refractivity contribution is 0.0946. The second kappa shape index (κ2) is 4.77. The molecule has 0 fully saturated rings. The molecule has 0 saturated heterocycles.